The number of fused-ring (bicyclic) bond motifs is 4. The standard InChI is InChI=1S/C24H22N2O4/c1-28-12-13-29-18-9-10-20-22(14-18)30-16-24(20)19-7-2-3-8-21(19)26(23(24)27)15-17-6-4-5-11-25-17/h2-11,14H,12-13,15-16H2,1H3. The van der Waals surface area contributed by atoms with E-state index < -0.39 is 5.41 Å². The average Bonchev–Trinajstić information content (AvgIpc) is 3.27. The molecule has 0 radical (unpaired) electrons. The average molecular weight is 402 g/mol. The number of methoxy groups -OCH3 is 1. The van der Waals surface area contributed by atoms with Crippen molar-refractivity contribution >= 4 is 11.6 Å². The summed E-state index contributed by atoms with van der Waals surface area (Å²) in [5, 5.41) is 0. The minimum Gasteiger partial charge on any atom is -0.491 e. The van der Waals surface area contributed by atoms with E-state index in [2.05, 4.69) is 4.98 Å². The van der Waals surface area contributed by atoms with Crippen molar-refractivity contribution in [3.8, 4) is 11.5 Å². The van der Waals surface area contributed by atoms with Gasteiger partial charge in [0.1, 0.15) is 30.1 Å². The largest absolute Gasteiger partial charge is 0.491 e. The van der Waals surface area contributed by atoms with E-state index in [0.29, 0.717) is 31.3 Å². The minimum atomic E-state index is -0.842. The lowest BCUT2D eigenvalue weighted by Gasteiger charge is -2.23. The molecule has 0 saturated carbocycles. The number of carbonyl (C=O) groups is 1. The number of rotatable bonds is 6. The molecule has 0 saturated heterocycles. The number of amides is 1. The summed E-state index contributed by atoms with van der Waals surface area (Å²) < 4.78 is 16.8. The maximum atomic E-state index is 13.8. The quantitative estimate of drug-likeness (QED) is 0.592. The van der Waals surface area contributed by atoms with Gasteiger partial charge in [0, 0.05) is 30.6 Å². The van der Waals surface area contributed by atoms with E-state index in [0.717, 1.165) is 22.5 Å². The molecule has 0 aliphatic carbocycles. The van der Waals surface area contributed by atoms with Crippen LogP contribution in [0.4, 0.5) is 5.69 Å². The molecule has 30 heavy (non-hydrogen) atoms. The van der Waals surface area contributed by atoms with E-state index in [9.17, 15) is 4.79 Å². The fraction of sp³-hybridized carbons (Fsp3) is 0.250. The second-order valence-electron chi connectivity index (χ2n) is 7.42. The maximum absolute atomic E-state index is 13.8. The summed E-state index contributed by atoms with van der Waals surface area (Å²) in [5.41, 5.74) is 2.76. The Kier molecular flexibility index (Phi) is 4.64. The van der Waals surface area contributed by atoms with Gasteiger partial charge in [-0.05, 0) is 29.8 Å². The Hall–Kier alpha value is -3.38. The predicted octanol–water partition coefficient (Wildman–Crippen LogP) is 3.33. The number of hydrogen-bond acceptors (Lipinski definition) is 5. The number of aromatic nitrogens is 1. The molecule has 6 nitrogen and oxygen atoms in total. The summed E-state index contributed by atoms with van der Waals surface area (Å²) >= 11 is 0. The molecule has 6 heteroatoms. The third kappa shape index (κ3) is 2.83. The molecule has 1 aromatic heterocycles. The van der Waals surface area contributed by atoms with Crippen LogP contribution in [0.15, 0.2) is 66.9 Å². The molecular weight excluding hydrogens is 380 g/mol. The van der Waals surface area contributed by atoms with Crippen molar-refractivity contribution in [1.82, 2.24) is 4.98 Å². The highest BCUT2D eigenvalue weighted by molar-refractivity contribution is 6.11. The minimum absolute atomic E-state index is 0.0150. The van der Waals surface area contributed by atoms with Crippen molar-refractivity contribution in [2.24, 2.45) is 0 Å². The van der Waals surface area contributed by atoms with E-state index in [1.54, 1.807) is 13.3 Å². The van der Waals surface area contributed by atoms with Crippen LogP contribution < -0.4 is 14.4 Å². The lowest BCUT2D eigenvalue weighted by atomic mass is 9.77. The molecule has 0 fully saturated rings. The van der Waals surface area contributed by atoms with Gasteiger partial charge in [-0.3, -0.25) is 9.78 Å². The van der Waals surface area contributed by atoms with Crippen LogP contribution >= 0.6 is 0 Å². The van der Waals surface area contributed by atoms with Gasteiger partial charge in [-0.25, -0.2) is 0 Å². The first-order valence-corrected chi connectivity index (χ1v) is 9.94. The van der Waals surface area contributed by atoms with Crippen LogP contribution in [-0.4, -0.2) is 37.8 Å². The summed E-state index contributed by atoms with van der Waals surface area (Å²) in [6.45, 7) is 1.67. The van der Waals surface area contributed by atoms with Crippen molar-refractivity contribution in [3.63, 3.8) is 0 Å². The number of nitrogens with zero attached hydrogens (tertiary/aromatic N) is 2. The summed E-state index contributed by atoms with van der Waals surface area (Å²) in [5.74, 6) is 1.40. The van der Waals surface area contributed by atoms with E-state index in [1.807, 2.05) is 65.6 Å². The fourth-order valence-corrected chi connectivity index (χ4v) is 4.31. The first-order valence-electron chi connectivity index (χ1n) is 9.94. The summed E-state index contributed by atoms with van der Waals surface area (Å²) in [6, 6.07) is 19.4. The third-order valence-electron chi connectivity index (χ3n) is 5.72. The van der Waals surface area contributed by atoms with Gasteiger partial charge in [-0.1, -0.05) is 30.3 Å². The van der Waals surface area contributed by atoms with Crippen molar-refractivity contribution in [2.75, 3.05) is 31.8 Å². The SMILES string of the molecule is COCCOc1ccc2c(c1)OCC21C(=O)N(Cc2ccccn2)c2ccccc21. The molecule has 1 amide bonds. The van der Waals surface area contributed by atoms with Gasteiger partial charge in [-0.15, -0.1) is 0 Å². The van der Waals surface area contributed by atoms with Crippen LogP contribution in [-0.2, 0) is 21.5 Å². The monoisotopic (exact) mass is 402 g/mol. The summed E-state index contributed by atoms with van der Waals surface area (Å²) in [7, 11) is 1.64. The van der Waals surface area contributed by atoms with Crippen LogP contribution in [0, 0.1) is 0 Å². The zero-order valence-corrected chi connectivity index (χ0v) is 16.7. The Morgan fingerprint density at radius 1 is 1.07 bits per heavy atom. The normalized spacial score (nSPS) is 19.0. The van der Waals surface area contributed by atoms with Crippen LogP contribution in [0.25, 0.3) is 0 Å². The molecular formula is C24H22N2O4. The molecule has 3 heterocycles. The number of ether oxygens (including phenoxy) is 3. The first kappa shape index (κ1) is 18.6. The van der Waals surface area contributed by atoms with Crippen molar-refractivity contribution in [2.45, 2.75) is 12.0 Å². The Bertz CT molecular complexity index is 1090. The summed E-state index contributed by atoms with van der Waals surface area (Å²) in [4.78, 5) is 20.0. The van der Waals surface area contributed by atoms with E-state index in [1.165, 1.54) is 0 Å². The fourth-order valence-electron chi connectivity index (χ4n) is 4.31. The topological polar surface area (TPSA) is 60.9 Å². The van der Waals surface area contributed by atoms with Gasteiger partial charge >= 0.3 is 0 Å². The third-order valence-corrected chi connectivity index (χ3v) is 5.72. The zero-order valence-electron chi connectivity index (χ0n) is 16.7. The van der Waals surface area contributed by atoms with Gasteiger partial charge in [-0.2, -0.15) is 0 Å². The lowest BCUT2D eigenvalue weighted by Crippen LogP contribution is -2.42. The van der Waals surface area contributed by atoms with Crippen LogP contribution in [0.1, 0.15) is 16.8 Å². The van der Waals surface area contributed by atoms with Crippen molar-refractivity contribution < 1.29 is 19.0 Å². The maximum Gasteiger partial charge on any atom is 0.246 e. The van der Waals surface area contributed by atoms with E-state index >= 15 is 0 Å². The Labute approximate surface area is 175 Å². The Balaban J connectivity index is 1.53. The molecule has 1 unspecified atom stereocenters. The second-order valence-corrected chi connectivity index (χ2v) is 7.42. The second kappa shape index (κ2) is 7.46. The number of benzene rings is 2. The molecule has 2 aromatic carbocycles. The van der Waals surface area contributed by atoms with Crippen LogP contribution in [0.2, 0.25) is 0 Å². The van der Waals surface area contributed by atoms with Gasteiger partial charge in [0.2, 0.25) is 5.91 Å². The molecule has 1 spiro atoms. The first-order chi connectivity index (χ1) is 14.7. The van der Waals surface area contributed by atoms with E-state index in [-0.39, 0.29) is 12.5 Å². The van der Waals surface area contributed by atoms with Gasteiger partial charge in [0.05, 0.1) is 18.8 Å². The Morgan fingerprint density at radius 3 is 2.77 bits per heavy atom. The highest BCUT2D eigenvalue weighted by Crippen LogP contribution is 2.53. The highest BCUT2D eigenvalue weighted by Gasteiger charge is 2.56. The molecule has 0 bridgehead atoms. The molecule has 152 valence electrons. The van der Waals surface area contributed by atoms with Crippen molar-refractivity contribution in [3.05, 3.63) is 83.7 Å². The van der Waals surface area contributed by atoms with Crippen molar-refractivity contribution in [1.29, 1.82) is 0 Å². The number of pyridine rings is 1. The molecule has 3 aromatic rings. The highest BCUT2D eigenvalue weighted by atomic mass is 16.5. The molecule has 2 aliphatic rings. The molecule has 1 atom stereocenters. The summed E-state index contributed by atoms with van der Waals surface area (Å²) in [6.07, 6.45) is 1.75. The molecule has 5 rings (SSSR count). The van der Waals surface area contributed by atoms with Crippen LogP contribution in [0.3, 0.4) is 0 Å². The molecule has 2 aliphatic heterocycles. The number of anilines is 1. The van der Waals surface area contributed by atoms with Gasteiger partial charge in [0.15, 0.2) is 0 Å². The number of hydrogen-bond donors (Lipinski definition) is 0. The van der Waals surface area contributed by atoms with Gasteiger partial charge < -0.3 is 19.1 Å². The van der Waals surface area contributed by atoms with E-state index in [4.69, 9.17) is 14.2 Å². The zero-order chi connectivity index (χ0) is 20.6. The lowest BCUT2D eigenvalue weighted by molar-refractivity contribution is -0.122. The predicted molar refractivity (Wildman–Crippen MR) is 112 cm³/mol. The van der Waals surface area contributed by atoms with Gasteiger partial charge in [0.25, 0.3) is 0 Å². The van der Waals surface area contributed by atoms with Crippen LogP contribution in [0.5, 0.6) is 11.5 Å². The Morgan fingerprint density at radius 2 is 1.93 bits per heavy atom. The number of carbonyl (C=O) groups excluding carboxylic acids is 1. The smallest absolute Gasteiger partial charge is 0.246 e. The molecule has 0 N–H and O–H groups in total. The number of para-hydroxylation sites is 1.